The Morgan fingerprint density at radius 2 is 1.74 bits per heavy atom. The Balaban J connectivity index is 1.58. The number of nitrogens with one attached hydrogen (secondary N) is 2. The molecule has 4 aromatic rings. The number of rotatable bonds is 9. The Bertz CT molecular complexity index is 1610. The van der Waals surface area contributed by atoms with Crippen LogP contribution in [0.15, 0.2) is 72.9 Å². The summed E-state index contributed by atoms with van der Waals surface area (Å²) in [6.45, 7) is 14.3. The molecule has 5 rings (SSSR count). The van der Waals surface area contributed by atoms with Gasteiger partial charge in [-0.2, -0.15) is 0 Å². The highest BCUT2D eigenvalue weighted by molar-refractivity contribution is 7.80. The van der Waals surface area contributed by atoms with Gasteiger partial charge in [-0.3, -0.25) is 9.78 Å². The van der Waals surface area contributed by atoms with Crippen LogP contribution < -0.4 is 20.4 Å². The number of aromatic nitrogens is 2. The number of thiocarbonyl (C=S) groups is 1. The minimum absolute atomic E-state index is 0.0846. The van der Waals surface area contributed by atoms with E-state index in [-0.39, 0.29) is 23.9 Å². The van der Waals surface area contributed by atoms with Crippen LogP contribution in [-0.4, -0.2) is 33.7 Å². The number of hydrogen-bond acceptors (Lipinski definition) is 4. The summed E-state index contributed by atoms with van der Waals surface area (Å²) in [5, 5.41) is 7.50. The Hall–Kier alpha value is -3.88. The fourth-order valence-electron chi connectivity index (χ4n) is 5.87. The predicted octanol–water partition coefficient (Wildman–Crippen LogP) is 7.76. The normalized spacial score (nSPS) is 16.5. The smallest absolute Gasteiger partial charge is 0.226 e. The molecule has 2 N–H and O–H groups in total. The molecular weight excluding hydrogens is 576 g/mol. The van der Waals surface area contributed by atoms with Gasteiger partial charge < -0.3 is 25.0 Å². The van der Waals surface area contributed by atoms with E-state index >= 15 is 0 Å². The van der Waals surface area contributed by atoms with Crippen LogP contribution >= 0.6 is 23.8 Å². The molecule has 2 aromatic carbocycles. The van der Waals surface area contributed by atoms with Crippen LogP contribution in [0.5, 0.6) is 0 Å². The molecule has 0 aliphatic carbocycles. The third-order valence-electron chi connectivity index (χ3n) is 8.14. The van der Waals surface area contributed by atoms with Crippen LogP contribution in [0.4, 0.5) is 17.1 Å². The SMILES string of the molecule is CCN(CC)c1ccc(-n2c(C)cc(C3C(c4ccccn4)NC(=S)N3c3ccc(NC(=O)C(C)C)c(Cl)c3)c2C)cc1. The number of aryl methyl sites for hydroxylation is 1. The van der Waals surface area contributed by atoms with E-state index < -0.39 is 0 Å². The lowest BCUT2D eigenvalue weighted by molar-refractivity contribution is -0.118. The average molecular weight is 615 g/mol. The van der Waals surface area contributed by atoms with Crippen molar-refractivity contribution < 1.29 is 4.79 Å². The summed E-state index contributed by atoms with van der Waals surface area (Å²) in [6, 6.07) is 22.2. The molecule has 1 fully saturated rings. The molecule has 2 unspecified atom stereocenters. The van der Waals surface area contributed by atoms with Crippen molar-refractivity contribution in [3.8, 4) is 5.69 Å². The Morgan fingerprint density at radius 1 is 1.05 bits per heavy atom. The molecule has 2 atom stereocenters. The predicted molar refractivity (Wildman–Crippen MR) is 182 cm³/mol. The van der Waals surface area contributed by atoms with Crippen LogP contribution in [-0.2, 0) is 4.79 Å². The number of carbonyl (C=O) groups excluding carboxylic acids is 1. The minimum atomic E-state index is -0.190. The first-order valence-corrected chi connectivity index (χ1v) is 15.6. The molecule has 0 bridgehead atoms. The quantitative estimate of drug-likeness (QED) is 0.188. The largest absolute Gasteiger partial charge is 0.372 e. The number of benzene rings is 2. The van der Waals surface area contributed by atoms with Gasteiger partial charge in [-0.15, -0.1) is 0 Å². The van der Waals surface area contributed by atoms with Crippen molar-refractivity contribution >= 4 is 51.9 Å². The van der Waals surface area contributed by atoms with Crippen molar-refractivity contribution in [3.63, 3.8) is 0 Å². The molecule has 1 aliphatic heterocycles. The van der Waals surface area contributed by atoms with Crippen molar-refractivity contribution in [1.29, 1.82) is 0 Å². The van der Waals surface area contributed by atoms with E-state index in [4.69, 9.17) is 28.8 Å². The van der Waals surface area contributed by atoms with Gasteiger partial charge in [-0.1, -0.05) is 31.5 Å². The standard InChI is InChI=1S/C34H39ClN6OS/c1-7-39(8-2)24-12-14-25(15-13-24)40-22(5)19-27(23(40)6)32-31(30-11-9-10-18-36-30)38-34(43)41(32)26-16-17-29(28(35)20-26)37-33(42)21(3)4/h9-21,31-32H,7-8H2,1-6H3,(H,37,42)(H,38,43). The maximum atomic E-state index is 12.3. The fourth-order valence-corrected chi connectivity index (χ4v) is 6.43. The maximum Gasteiger partial charge on any atom is 0.226 e. The van der Waals surface area contributed by atoms with Gasteiger partial charge >= 0.3 is 0 Å². The van der Waals surface area contributed by atoms with E-state index in [2.05, 4.69) is 83.0 Å². The summed E-state index contributed by atoms with van der Waals surface area (Å²) in [5.74, 6) is -0.239. The van der Waals surface area contributed by atoms with Gasteiger partial charge in [0.05, 0.1) is 28.5 Å². The number of halogens is 1. The zero-order chi connectivity index (χ0) is 30.8. The molecule has 9 heteroatoms. The van der Waals surface area contributed by atoms with E-state index in [0.29, 0.717) is 15.8 Å². The van der Waals surface area contributed by atoms with E-state index in [0.717, 1.165) is 47.1 Å². The van der Waals surface area contributed by atoms with Crippen molar-refractivity contribution in [3.05, 3.63) is 101 Å². The fraction of sp³-hybridized carbons (Fsp3) is 0.324. The lowest BCUT2D eigenvalue weighted by Gasteiger charge is -2.28. The van der Waals surface area contributed by atoms with Gasteiger partial charge in [0.15, 0.2) is 5.11 Å². The van der Waals surface area contributed by atoms with Gasteiger partial charge in [0, 0.05) is 53.7 Å². The summed E-state index contributed by atoms with van der Waals surface area (Å²) >= 11 is 12.7. The highest BCUT2D eigenvalue weighted by Gasteiger charge is 2.42. The van der Waals surface area contributed by atoms with Gasteiger partial charge in [0.1, 0.15) is 0 Å². The van der Waals surface area contributed by atoms with Crippen molar-refractivity contribution in [1.82, 2.24) is 14.9 Å². The molecule has 1 amide bonds. The Kier molecular flexibility index (Phi) is 9.08. The van der Waals surface area contributed by atoms with Crippen molar-refractivity contribution in [2.75, 3.05) is 28.2 Å². The topological polar surface area (TPSA) is 65.4 Å². The van der Waals surface area contributed by atoms with Gasteiger partial charge in [0.2, 0.25) is 5.91 Å². The zero-order valence-corrected chi connectivity index (χ0v) is 27.1. The lowest BCUT2D eigenvalue weighted by Crippen LogP contribution is -2.29. The monoisotopic (exact) mass is 614 g/mol. The van der Waals surface area contributed by atoms with Gasteiger partial charge in [0.25, 0.3) is 0 Å². The third-order valence-corrected chi connectivity index (χ3v) is 8.76. The average Bonchev–Trinajstić information content (AvgIpc) is 3.50. The third kappa shape index (κ3) is 5.99. The Morgan fingerprint density at radius 3 is 2.35 bits per heavy atom. The second-order valence-electron chi connectivity index (χ2n) is 11.2. The molecule has 0 radical (unpaired) electrons. The van der Waals surface area contributed by atoms with Crippen LogP contribution in [0.1, 0.15) is 62.4 Å². The summed E-state index contributed by atoms with van der Waals surface area (Å²) in [5.41, 5.74) is 8.04. The van der Waals surface area contributed by atoms with Gasteiger partial charge in [-0.25, -0.2) is 0 Å². The highest BCUT2D eigenvalue weighted by atomic mass is 35.5. The van der Waals surface area contributed by atoms with Crippen LogP contribution in [0.25, 0.3) is 5.69 Å². The van der Waals surface area contributed by atoms with E-state index in [9.17, 15) is 4.79 Å². The molecule has 224 valence electrons. The number of anilines is 3. The van der Waals surface area contributed by atoms with Gasteiger partial charge in [-0.05, 0) is 106 Å². The highest BCUT2D eigenvalue weighted by Crippen LogP contribution is 2.44. The van der Waals surface area contributed by atoms with Crippen LogP contribution in [0.3, 0.4) is 0 Å². The Labute approximate surface area is 264 Å². The molecule has 1 aliphatic rings. The number of pyridine rings is 1. The summed E-state index contributed by atoms with van der Waals surface area (Å²) < 4.78 is 2.30. The zero-order valence-electron chi connectivity index (χ0n) is 25.6. The maximum absolute atomic E-state index is 12.3. The molecular formula is C34H39ClN6OS. The number of amides is 1. The molecule has 3 heterocycles. The molecule has 1 saturated heterocycles. The molecule has 7 nitrogen and oxygen atoms in total. The van der Waals surface area contributed by atoms with E-state index in [1.807, 2.05) is 56.4 Å². The number of hydrogen-bond donors (Lipinski definition) is 2. The summed E-state index contributed by atoms with van der Waals surface area (Å²) in [6.07, 6.45) is 1.81. The first-order valence-electron chi connectivity index (χ1n) is 14.8. The lowest BCUT2D eigenvalue weighted by atomic mass is 9.96. The molecule has 43 heavy (non-hydrogen) atoms. The van der Waals surface area contributed by atoms with E-state index in [1.165, 1.54) is 5.69 Å². The number of nitrogens with zero attached hydrogens (tertiary/aromatic N) is 4. The van der Waals surface area contributed by atoms with Crippen LogP contribution in [0.2, 0.25) is 5.02 Å². The van der Waals surface area contributed by atoms with E-state index in [1.54, 1.807) is 0 Å². The van der Waals surface area contributed by atoms with Crippen LogP contribution in [0, 0.1) is 19.8 Å². The summed E-state index contributed by atoms with van der Waals surface area (Å²) in [7, 11) is 0. The molecule has 0 saturated carbocycles. The van der Waals surface area contributed by atoms with Crippen molar-refractivity contribution in [2.24, 2.45) is 5.92 Å². The first kappa shape index (κ1) is 30.6. The second kappa shape index (κ2) is 12.8. The number of carbonyl (C=O) groups is 1. The second-order valence-corrected chi connectivity index (χ2v) is 11.9. The minimum Gasteiger partial charge on any atom is -0.372 e. The molecule has 0 spiro atoms. The first-order chi connectivity index (χ1) is 20.6. The molecule has 2 aromatic heterocycles. The summed E-state index contributed by atoms with van der Waals surface area (Å²) in [4.78, 5) is 21.5. The van der Waals surface area contributed by atoms with Crippen molar-refractivity contribution in [2.45, 2.75) is 53.6 Å².